The molecule has 0 saturated heterocycles. The molecule has 0 fully saturated rings. The summed E-state index contributed by atoms with van der Waals surface area (Å²) in [5.74, 6) is -1.63. The fourth-order valence-electron chi connectivity index (χ4n) is 1.43. The zero-order valence-corrected chi connectivity index (χ0v) is 10.1. The van der Waals surface area contributed by atoms with Gasteiger partial charge in [-0.25, -0.2) is 9.78 Å². The molecule has 0 saturated carbocycles. The lowest BCUT2D eigenvalue weighted by Gasteiger charge is -2.02. The number of carbonyl (C=O) groups is 1. The van der Waals surface area contributed by atoms with Gasteiger partial charge in [0.1, 0.15) is 9.88 Å². The van der Waals surface area contributed by atoms with Gasteiger partial charge in [0.05, 0.1) is 0 Å². The van der Waals surface area contributed by atoms with E-state index in [1.165, 1.54) is 6.20 Å². The molecule has 0 spiro atoms. The molecular formula is C11H7F3N2O2S. The van der Waals surface area contributed by atoms with E-state index in [2.05, 4.69) is 9.97 Å². The van der Waals surface area contributed by atoms with Gasteiger partial charge in [0.2, 0.25) is 0 Å². The maximum atomic E-state index is 12.6. The number of hydrogen-bond donors (Lipinski definition) is 1. The number of carboxylic acids is 1. The maximum Gasteiger partial charge on any atom is 0.435 e. The largest absolute Gasteiger partial charge is 0.477 e. The molecule has 4 nitrogen and oxygen atoms in total. The first-order valence-corrected chi connectivity index (χ1v) is 5.89. The Morgan fingerprint density at radius 2 is 2.11 bits per heavy atom. The van der Waals surface area contributed by atoms with Crippen molar-refractivity contribution in [3.05, 3.63) is 45.7 Å². The molecule has 0 aliphatic carbocycles. The third-order valence-electron chi connectivity index (χ3n) is 2.19. The van der Waals surface area contributed by atoms with Crippen molar-refractivity contribution >= 4 is 17.3 Å². The fourth-order valence-corrected chi connectivity index (χ4v) is 2.37. The second-order valence-corrected chi connectivity index (χ2v) is 4.67. The third kappa shape index (κ3) is 3.08. The van der Waals surface area contributed by atoms with E-state index < -0.39 is 22.7 Å². The third-order valence-corrected chi connectivity index (χ3v) is 3.24. The van der Waals surface area contributed by atoms with Crippen molar-refractivity contribution in [3.63, 3.8) is 0 Å². The minimum Gasteiger partial charge on any atom is -0.477 e. The van der Waals surface area contributed by atoms with Crippen LogP contribution >= 0.6 is 11.3 Å². The van der Waals surface area contributed by atoms with E-state index in [1.54, 1.807) is 18.2 Å². The molecule has 2 heterocycles. The van der Waals surface area contributed by atoms with E-state index in [0.717, 1.165) is 0 Å². The van der Waals surface area contributed by atoms with Crippen LogP contribution in [0.25, 0.3) is 0 Å². The number of nitrogens with zero attached hydrogens (tertiary/aromatic N) is 2. The average molecular weight is 288 g/mol. The van der Waals surface area contributed by atoms with Gasteiger partial charge in [0.15, 0.2) is 5.69 Å². The van der Waals surface area contributed by atoms with Crippen molar-refractivity contribution in [2.24, 2.45) is 0 Å². The monoisotopic (exact) mass is 288 g/mol. The van der Waals surface area contributed by atoms with Gasteiger partial charge >= 0.3 is 12.1 Å². The summed E-state index contributed by atoms with van der Waals surface area (Å²) >= 11 is 0.519. The van der Waals surface area contributed by atoms with Gasteiger partial charge in [0.25, 0.3) is 0 Å². The number of carboxylic acid groups (broad SMARTS) is 1. The Balaban J connectivity index is 2.36. The molecule has 0 atom stereocenters. The number of pyridine rings is 1. The van der Waals surface area contributed by atoms with Crippen LogP contribution in [-0.4, -0.2) is 21.0 Å². The Kier molecular flexibility index (Phi) is 3.52. The molecule has 2 aromatic rings. The smallest absolute Gasteiger partial charge is 0.435 e. The highest BCUT2D eigenvalue weighted by Gasteiger charge is 2.39. The first-order valence-electron chi connectivity index (χ1n) is 5.08. The molecule has 0 radical (unpaired) electrons. The molecule has 0 aromatic carbocycles. The summed E-state index contributed by atoms with van der Waals surface area (Å²) in [5, 5.41) is 8.84. The molecule has 1 N–H and O–H groups in total. The van der Waals surface area contributed by atoms with Gasteiger partial charge < -0.3 is 5.11 Å². The SMILES string of the molecule is O=C(O)c1sc(Cc2ccccn2)nc1C(F)(F)F. The Morgan fingerprint density at radius 1 is 1.37 bits per heavy atom. The van der Waals surface area contributed by atoms with Crippen molar-refractivity contribution < 1.29 is 23.1 Å². The van der Waals surface area contributed by atoms with Crippen molar-refractivity contribution in [2.75, 3.05) is 0 Å². The maximum absolute atomic E-state index is 12.6. The average Bonchev–Trinajstić information content (AvgIpc) is 2.74. The molecule has 0 bridgehead atoms. The van der Waals surface area contributed by atoms with Crippen molar-refractivity contribution in [1.29, 1.82) is 0 Å². The molecule has 2 rings (SSSR count). The van der Waals surface area contributed by atoms with Crippen LogP contribution in [-0.2, 0) is 12.6 Å². The summed E-state index contributed by atoms with van der Waals surface area (Å²) in [7, 11) is 0. The van der Waals surface area contributed by atoms with Gasteiger partial charge in [-0.3, -0.25) is 4.98 Å². The van der Waals surface area contributed by atoms with Gasteiger partial charge in [-0.1, -0.05) is 6.07 Å². The number of rotatable bonds is 3. The fraction of sp³-hybridized carbons (Fsp3) is 0.182. The molecular weight excluding hydrogens is 281 g/mol. The first kappa shape index (κ1) is 13.5. The quantitative estimate of drug-likeness (QED) is 0.943. The molecule has 8 heteroatoms. The lowest BCUT2D eigenvalue weighted by atomic mass is 10.3. The van der Waals surface area contributed by atoms with Gasteiger partial charge in [0, 0.05) is 18.3 Å². The van der Waals surface area contributed by atoms with Crippen LogP contribution in [0.15, 0.2) is 24.4 Å². The van der Waals surface area contributed by atoms with Crippen molar-refractivity contribution in [3.8, 4) is 0 Å². The number of halogens is 3. The summed E-state index contributed by atoms with van der Waals surface area (Å²) < 4.78 is 37.9. The highest BCUT2D eigenvalue weighted by atomic mass is 32.1. The predicted molar refractivity (Wildman–Crippen MR) is 61.1 cm³/mol. The number of aromatic carboxylic acids is 1. The molecule has 0 aliphatic rings. The summed E-state index contributed by atoms with van der Waals surface area (Å²) in [5.41, 5.74) is -0.821. The van der Waals surface area contributed by atoms with Gasteiger partial charge in [-0.15, -0.1) is 11.3 Å². The predicted octanol–water partition coefficient (Wildman–Crippen LogP) is 2.85. The second kappa shape index (κ2) is 4.96. The lowest BCUT2D eigenvalue weighted by molar-refractivity contribution is -0.141. The van der Waals surface area contributed by atoms with Crippen LogP contribution in [0.2, 0.25) is 0 Å². The standard InChI is InChI=1S/C11H7F3N2O2S/c12-11(13,14)9-8(10(17)18)19-7(16-9)5-6-3-1-2-4-15-6/h1-4H,5H2,(H,17,18). The number of hydrogen-bond acceptors (Lipinski definition) is 4. The lowest BCUT2D eigenvalue weighted by Crippen LogP contribution is -2.11. The molecule has 0 unspecified atom stereocenters. The molecule has 0 amide bonds. The number of aromatic nitrogens is 2. The van der Waals surface area contributed by atoms with Crippen LogP contribution in [0.1, 0.15) is 26.1 Å². The molecule has 19 heavy (non-hydrogen) atoms. The Labute approximate surface area is 109 Å². The van der Waals surface area contributed by atoms with E-state index in [1.807, 2.05) is 0 Å². The van der Waals surface area contributed by atoms with E-state index in [4.69, 9.17) is 5.11 Å². The zero-order chi connectivity index (χ0) is 14.0. The van der Waals surface area contributed by atoms with Crippen LogP contribution in [0.5, 0.6) is 0 Å². The number of alkyl halides is 3. The number of thiazole rings is 1. The summed E-state index contributed by atoms with van der Waals surface area (Å²) in [6, 6.07) is 5.00. The van der Waals surface area contributed by atoms with Gasteiger partial charge in [-0.05, 0) is 12.1 Å². The molecule has 100 valence electrons. The van der Waals surface area contributed by atoms with Crippen LogP contribution in [0.3, 0.4) is 0 Å². The normalized spacial score (nSPS) is 11.5. The highest BCUT2D eigenvalue weighted by Crippen LogP contribution is 2.34. The van der Waals surface area contributed by atoms with Crippen LogP contribution < -0.4 is 0 Å². The Morgan fingerprint density at radius 3 is 2.58 bits per heavy atom. The minimum atomic E-state index is -4.77. The van der Waals surface area contributed by atoms with Crippen LogP contribution in [0.4, 0.5) is 13.2 Å². The van der Waals surface area contributed by atoms with Gasteiger partial charge in [-0.2, -0.15) is 13.2 Å². The van der Waals surface area contributed by atoms with E-state index in [-0.39, 0.29) is 11.4 Å². The topological polar surface area (TPSA) is 63.1 Å². The van der Waals surface area contributed by atoms with Crippen molar-refractivity contribution in [1.82, 2.24) is 9.97 Å². The summed E-state index contributed by atoms with van der Waals surface area (Å²) in [4.78, 5) is 17.3. The Bertz CT molecular complexity index is 596. The molecule has 0 aliphatic heterocycles. The first-order chi connectivity index (χ1) is 8.88. The molecule has 2 aromatic heterocycles. The van der Waals surface area contributed by atoms with Crippen molar-refractivity contribution in [2.45, 2.75) is 12.6 Å². The summed E-state index contributed by atoms with van der Waals surface area (Å²) in [6.45, 7) is 0. The van der Waals surface area contributed by atoms with E-state index in [9.17, 15) is 18.0 Å². The van der Waals surface area contributed by atoms with Crippen LogP contribution in [0, 0.1) is 0 Å². The minimum absolute atomic E-state index is 0.0713. The highest BCUT2D eigenvalue weighted by molar-refractivity contribution is 7.13. The summed E-state index contributed by atoms with van der Waals surface area (Å²) in [6.07, 6.45) is -3.19. The zero-order valence-electron chi connectivity index (χ0n) is 9.31. The van der Waals surface area contributed by atoms with E-state index >= 15 is 0 Å². The Hall–Kier alpha value is -1.96. The second-order valence-electron chi connectivity index (χ2n) is 3.59. The van der Waals surface area contributed by atoms with E-state index in [0.29, 0.717) is 17.0 Å².